The first-order valence-electron chi connectivity index (χ1n) is 26.8. The van der Waals surface area contributed by atoms with Gasteiger partial charge in [0, 0.05) is 106 Å². The lowest BCUT2D eigenvalue weighted by Crippen LogP contribution is -2.41. The van der Waals surface area contributed by atoms with E-state index >= 15 is 9.59 Å². The molecule has 0 saturated heterocycles. The number of benzene rings is 5. The van der Waals surface area contributed by atoms with Crippen molar-refractivity contribution in [2.75, 3.05) is 13.1 Å². The van der Waals surface area contributed by atoms with E-state index in [0.717, 1.165) is 127 Å². The fourth-order valence-corrected chi connectivity index (χ4v) is 17.7. The number of thiophene rings is 6. The first kappa shape index (κ1) is 49.5. The van der Waals surface area contributed by atoms with Gasteiger partial charge in [-0.25, -0.2) is 0 Å². The molecule has 0 fully saturated rings. The average molecular weight is 1110 g/mol. The molecule has 2 aliphatic heterocycles. The van der Waals surface area contributed by atoms with E-state index < -0.39 is 0 Å². The largest absolute Gasteiger partial charge is 0.274 e. The number of hydrogen-bond acceptors (Lipinski definition) is 10. The molecule has 8 heterocycles. The Morgan fingerprint density at radius 1 is 0.316 bits per heavy atom. The standard InChI is InChI=1S/C64H54N2O4S6/c1-3-5-7-9-11-13-31-65-61(67)39-21-19-37-56-42(46-24-26-52(74-46)54-30-28-50(76-54)48-18-16-34-72-48)36-44-58-40(62(68)66(64(44)70)32-14-12-10-8-6-4-2)22-20-38(60(56)58)55-41(35-43(63(65)69)57(39)59(37)55)45-23-25-51(73-45)53-29-27-49(75-53)47-17-15-33-71-47/h15-30,33-36H,3-14,31-32H2,1-2H3. The Labute approximate surface area is 466 Å². The highest BCUT2D eigenvalue weighted by Crippen LogP contribution is 2.54. The van der Waals surface area contributed by atoms with Crippen LogP contribution < -0.4 is 0 Å². The minimum Gasteiger partial charge on any atom is -0.274 e. The Bertz CT molecular complexity index is 3770. The Morgan fingerprint density at radius 3 is 1.04 bits per heavy atom. The van der Waals surface area contributed by atoms with E-state index in [1.807, 2.05) is 24.3 Å². The molecule has 2 aliphatic rings. The number of carbonyl (C=O) groups is 4. The molecule has 0 spiro atoms. The molecule has 380 valence electrons. The molecule has 76 heavy (non-hydrogen) atoms. The second-order valence-corrected chi connectivity index (χ2v) is 26.4. The van der Waals surface area contributed by atoms with Crippen LogP contribution in [-0.2, 0) is 0 Å². The van der Waals surface area contributed by atoms with Gasteiger partial charge in [0.05, 0.1) is 0 Å². The lowest BCUT2D eigenvalue weighted by Gasteiger charge is -2.31. The molecule has 0 aliphatic carbocycles. The molecule has 11 aromatic rings. The van der Waals surface area contributed by atoms with Crippen molar-refractivity contribution in [2.24, 2.45) is 0 Å². The van der Waals surface area contributed by atoms with Crippen molar-refractivity contribution in [2.45, 2.75) is 90.9 Å². The van der Waals surface area contributed by atoms with Crippen molar-refractivity contribution >= 4 is 135 Å². The molecule has 0 bridgehead atoms. The monoisotopic (exact) mass is 1110 g/mol. The molecular formula is C64H54N2O4S6. The molecule has 0 unspecified atom stereocenters. The topological polar surface area (TPSA) is 74.8 Å². The highest BCUT2D eigenvalue weighted by atomic mass is 32.1. The summed E-state index contributed by atoms with van der Waals surface area (Å²) in [6, 6.07) is 38.1. The number of fused-ring (bicyclic) bond motifs is 2. The summed E-state index contributed by atoms with van der Waals surface area (Å²) in [6.45, 7) is 5.15. The zero-order chi connectivity index (χ0) is 51.6. The van der Waals surface area contributed by atoms with Crippen LogP contribution in [-0.4, -0.2) is 46.5 Å². The van der Waals surface area contributed by atoms with Gasteiger partial charge in [-0.3, -0.25) is 29.0 Å². The van der Waals surface area contributed by atoms with E-state index in [4.69, 9.17) is 0 Å². The molecule has 0 atom stereocenters. The number of carbonyl (C=O) groups excluding carboxylic acids is 4. The molecule has 0 N–H and O–H groups in total. The van der Waals surface area contributed by atoms with Crippen molar-refractivity contribution in [3.63, 3.8) is 0 Å². The summed E-state index contributed by atoms with van der Waals surface area (Å²) in [5, 5.41) is 10.9. The minimum absolute atomic E-state index is 0.257. The zero-order valence-electron chi connectivity index (χ0n) is 42.4. The fraction of sp³-hybridized carbons (Fsp3) is 0.250. The number of nitrogens with zero attached hydrogens (tertiary/aromatic N) is 2. The van der Waals surface area contributed by atoms with Gasteiger partial charge < -0.3 is 0 Å². The van der Waals surface area contributed by atoms with Crippen LogP contribution in [0, 0.1) is 0 Å². The van der Waals surface area contributed by atoms with Crippen LogP contribution in [0.4, 0.5) is 0 Å². The first-order chi connectivity index (χ1) is 37.3. The van der Waals surface area contributed by atoms with Crippen LogP contribution in [0.2, 0.25) is 0 Å². The first-order valence-corrected chi connectivity index (χ1v) is 31.8. The maximum Gasteiger partial charge on any atom is 0.261 e. The van der Waals surface area contributed by atoms with Gasteiger partial charge in [-0.1, -0.05) is 102 Å². The molecule has 6 aromatic heterocycles. The van der Waals surface area contributed by atoms with Crippen LogP contribution >= 0.6 is 68.0 Å². The predicted molar refractivity (Wildman–Crippen MR) is 325 cm³/mol. The smallest absolute Gasteiger partial charge is 0.261 e. The van der Waals surface area contributed by atoms with Crippen molar-refractivity contribution in [3.05, 3.63) is 142 Å². The van der Waals surface area contributed by atoms with Crippen LogP contribution in [0.3, 0.4) is 0 Å². The molecule has 12 heteroatoms. The normalized spacial score (nSPS) is 13.7. The van der Waals surface area contributed by atoms with Gasteiger partial charge >= 0.3 is 0 Å². The van der Waals surface area contributed by atoms with Crippen LogP contribution in [0.1, 0.15) is 132 Å². The Balaban J connectivity index is 1.04. The minimum atomic E-state index is -0.259. The van der Waals surface area contributed by atoms with Crippen LogP contribution in [0.15, 0.2) is 120 Å². The van der Waals surface area contributed by atoms with E-state index in [-0.39, 0.29) is 23.6 Å². The highest BCUT2D eigenvalue weighted by molar-refractivity contribution is 7.28. The summed E-state index contributed by atoms with van der Waals surface area (Å²) < 4.78 is 0. The van der Waals surface area contributed by atoms with Gasteiger partial charge in [-0.15, -0.1) is 68.0 Å². The number of rotatable bonds is 20. The van der Waals surface area contributed by atoms with Gasteiger partial charge in [-0.05, 0) is 141 Å². The third-order valence-corrected chi connectivity index (χ3v) is 22.4. The maximum absolute atomic E-state index is 15.2. The molecule has 0 saturated carbocycles. The quantitative estimate of drug-likeness (QED) is 0.0330. The lowest BCUT2D eigenvalue weighted by atomic mass is 9.79. The molecule has 13 rings (SSSR count). The van der Waals surface area contributed by atoms with E-state index in [2.05, 4.69) is 110 Å². The summed E-state index contributed by atoms with van der Waals surface area (Å²) in [5.74, 6) is -1.03. The highest BCUT2D eigenvalue weighted by Gasteiger charge is 2.39. The molecule has 0 radical (unpaired) electrons. The van der Waals surface area contributed by atoms with Gasteiger partial charge in [0.15, 0.2) is 0 Å². The van der Waals surface area contributed by atoms with Crippen molar-refractivity contribution < 1.29 is 19.2 Å². The second-order valence-electron chi connectivity index (χ2n) is 20.2. The van der Waals surface area contributed by atoms with E-state index in [0.29, 0.717) is 46.1 Å². The molecule has 4 amide bonds. The molecule has 5 aromatic carbocycles. The third kappa shape index (κ3) is 8.42. The second kappa shape index (κ2) is 20.7. The fourth-order valence-electron chi connectivity index (χ4n) is 11.7. The van der Waals surface area contributed by atoms with Crippen molar-refractivity contribution in [1.29, 1.82) is 0 Å². The molecular weight excluding hydrogens is 1050 g/mol. The summed E-state index contributed by atoms with van der Waals surface area (Å²) >= 11 is 10.4. The van der Waals surface area contributed by atoms with Crippen molar-refractivity contribution in [3.8, 4) is 59.9 Å². The van der Waals surface area contributed by atoms with E-state index in [1.54, 1.807) is 68.0 Å². The number of unbranched alkanes of at least 4 members (excludes halogenated alkanes) is 10. The van der Waals surface area contributed by atoms with Gasteiger partial charge in [0.1, 0.15) is 0 Å². The lowest BCUT2D eigenvalue weighted by molar-refractivity contribution is 0.0592. The summed E-state index contributed by atoms with van der Waals surface area (Å²) in [5.41, 5.74) is 3.93. The predicted octanol–water partition coefficient (Wildman–Crippen LogP) is 20.0. The van der Waals surface area contributed by atoms with Gasteiger partial charge in [0.2, 0.25) is 0 Å². The number of imide groups is 2. The zero-order valence-corrected chi connectivity index (χ0v) is 47.3. The SMILES string of the molecule is CCCCCCCCN1C(=O)c2ccc3c4c(-c5ccc(-c6ccc(-c7cccs7)s6)s5)cc5c6c(ccc(c7c(-c8ccc(-c9ccc(-c%10cccs%10)s9)s8)cc(c2c37)C1=O)c64)C(=O)N(CCCCCCCC)C5=O. The van der Waals surface area contributed by atoms with E-state index in [1.165, 1.54) is 51.9 Å². The summed E-state index contributed by atoms with van der Waals surface area (Å²) in [4.78, 5) is 74.6. The van der Waals surface area contributed by atoms with Crippen LogP contribution in [0.5, 0.6) is 0 Å². The van der Waals surface area contributed by atoms with Crippen LogP contribution in [0.25, 0.3) is 103 Å². The molecule has 6 nitrogen and oxygen atoms in total. The summed E-state index contributed by atoms with van der Waals surface area (Å²) in [7, 11) is 0. The average Bonchev–Trinajstić information content (AvgIpc) is 4.38. The Morgan fingerprint density at radius 2 is 0.658 bits per heavy atom. The Kier molecular flexibility index (Phi) is 13.5. The Hall–Kier alpha value is -6.12. The summed E-state index contributed by atoms with van der Waals surface area (Å²) in [6.07, 6.45) is 12.6. The maximum atomic E-state index is 15.2. The van der Waals surface area contributed by atoms with Gasteiger partial charge in [-0.2, -0.15) is 0 Å². The number of hydrogen-bond donors (Lipinski definition) is 0. The van der Waals surface area contributed by atoms with Crippen molar-refractivity contribution in [1.82, 2.24) is 9.80 Å². The number of amides is 4. The van der Waals surface area contributed by atoms with E-state index in [9.17, 15) is 9.59 Å². The third-order valence-electron chi connectivity index (χ3n) is 15.4. The van der Waals surface area contributed by atoms with Gasteiger partial charge in [0.25, 0.3) is 23.6 Å².